The molecule has 0 spiro atoms. The van der Waals surface area contributed by atoms with Crippen molar-refractivity contribution >= 4 is 5.97 Å². The van der Waals surface area contributed by atoms with Crippen LogP contribution in [0.3, 0.4) is 0 Å². The Morgan fingerprint density at radius 1 is 1.15 bits per heavy atom. The van der Waals surface area contributed by atoms with Crippen LogP contribution < -0.4 is 0 Å². The van der Waals surface area contributed by atoms with Gasteiger partial charge in [-0.05, 0) is 12.8 Å². The number of rotatable bonds is 2. The summed E-state index contributed by atoms with van der Waals surface area (Å²) in [5, 5.41) is 8.82. The minimum Gasteiger partial charge on any atom is -0.481 e. The first-order chi connectivity index (χ1) is 5.91. The van der Waals surface area contributed by atoms with Crippen molar-refractivity contribution in [3.63, 3.8) is 0 Å². The molecule has 0 radical (unpaired) electrons. The lowest BCUT2D eigenvalue weighted by atomic mass is 9.85. The molecule has 76 valence electrons. The van der Waals surface area contributed by atoms with Crippen molar-refractivity contribution in [2.75, 3.05) is 21.1 Å². The molecule has 1 fully saturated rings. The van der Waals surface area contributed by atoms with Crippen LogP contribution in [0.4, 0.5) is 0 Å². The van der Waals surface area contributed by atoms with Crippen LogP contribution in [0.5, 0.6) is 0 Å². The molecule has 1 N–H and O–H groups in total. The number of hydrogen-bond acceptors (Lipinski definition) is 1. The molecule has 1 aliphatic carbocycles. The predicted molar refractivity (Wildman–Crippen MR) is 51.4 cm³/mol. The van der Waals surface area contributed by atoms with Crippen molar-refractivity contribution in [1.29, 1.82) is 0 Å². The Kier molecular flexibility index (Phi) is 2.96. The second-order valence-electron chi connectivity index (χ2n) is 4.96. The molecular weight excluding hydrogens is 166 g/mol. The van der Waals surface area contributed by atoms with Crippen molar-refractivity contribution in [2.24, 2.45) is 5.92 Å². The number of aliphatic carboxylic acids is 1. The maximum absolute atomic E-state index is 10.7. The van der Waals surface area contributed by atoms with E-state index in [0.717, 1.165) is 30.2 Å². The van der Waals surface area contributed by atoms with Gasteiger partial charge in [0.1, 0.15) is 0 Å². The van der Waals surface area contributed by atoms with Gasteiger partial charge in [0.15, 0.2) is 0 Å². The van der Waals surface area contributed by atoms with Crippen molar-refractivity contribution < 1.29 is 14.4 Å². The van der Waals surface area contributed by atoms with Crippen LogP contribution in [-0.2, 0) is 4.79 Å². The van der Waals surface area contributed by atoms with E-state index in [1.54, 1.807) is 0 Å². The molecule has 3 nitrogen and oxygen atoms in total. The summed E-state index contributed by atoms with van der Waals surface area (Å²) in [4.78, 5) is 10.7. The zero-order valence-electron chi connectivity index (χ0n) is 8.79. The van der Waals surface area contributed by atoms with E-state index in [4.69, 9.17) is 5.11 Å². The largest absolute Gasteiger partial charge is 0.481 e. The second-order valence-corrected chi connectivity index (χ2v) is 4.96. The van der Waals surface area contributed by atoms with E-state index in [9.17, 15) is 4.79 Å². The van der Waals surface area contributed by atoms with Crippen LogP contribution in [0.25, 0.3) is 0 Å². The highest BCUT2D eigenvalue weighted by molar-refractivity contribution is 5.69. The Hall–Kier alpha value is -0.570. The van der Waals surface area contributed by atoms with E-state index in [0.29, 0.717) is 6.04 Å². The summed E-state index contributed by atoms with van der Waals surface area (Å²) in [6.07, 6.45) is 3.83. The van der Waals surface area contributed by atoms with Gasteiger partial charge in [-0.2, -0.15) is 0 Å². The molecule has 1 saturated carbocycles. The second kappa shape index (κ2) is 3.66. The van der Waals surface area contributed by atoms with Crippen LogP contribution in [-0.4, -0.2) is 42.7 Å². The molecule has 0 amide bonds. The van der Waals surface area contributed by atoms with E-state index < -0.39 is 5.97 Å². The number of quaternary nitrogens is 1. The molecule has 0 aliphatic heterocycles. The van der Waals surface area contributed by atoms with Gasteiger partial charge >= 0.3 is 5.97 Å². The van der Waals surface area contributed by atoms with Crippen molar-refractivity contribution in [2.45, 2.75) is 31.7 Å². The summed E-state index contributed by atoms with van der Waals surface area (Å²) < 4.78 is 0.965. The molecule has 0 aromatic heterocycles. The van der Waals surface area contributed by atoms with E-state index in [1.165, 1.54) is 0 Å². The van der Waals surface area contributed by atoms with E-state index in [1.807, 2.05) is 0 Å². The van der Waals surface area contributed by atoms with Gasteiger partial charge < -0.3 is 9.59 Å². The minimum absolute atomic E-state index is 0.0807. The van der Waals surface area contributed by atoms with Gasteiger partial charge in [0.25, 0.3) is 0 Å². The molecule has 13 heavy (non-hydrogen) atoms. The molecule has 0 unspecified atom stereocenters. The monoisotopic (exact) mass is 186 g/mol. The van der Waals surface area contributed by atoms with Gasteiger partial charge in [0, 0.05) is 12.8 Å². The summed E-state index contributed by atoms with van der Waals surface area (Å²) in [5.41, 5.74) is 0. The zero-order chi connectivity index (χ0) is 10.1. The molecule has 0 heterocycles. The van der Waals surface area contributed by atoms with Crippen LogP contribution in [0.15, 0.2) is 0 Å². The number of carbonyl (C=O) groups is 1. The Morgan fingerprint density at radius 3 is 1.92 bits per heavy atom. The minimum atomic E-state index is -0.611. The first-order valence-electron chi connectivity index (χ1n) is 4.95. The maximum Gasteiger partial charge on any atom is 0.306 e. The molecule has 0 saturated heterocycles. The van der Waals surface area contributed by atoms with Gasteiger partial charge in [-0.3, -0.25) is 4.79 Å². The third-order valence-electron chi connectivity index (χ3n) is 3.14. The quantitative estimate of drug-likeness (QED) is 0.661. The average molecular weight is 186 g/mol. The van der Waals surface area contributed by atoms with E-state index in [2.05, 4.69) is 21.1 Å². The van der Waals surface area contributed by atoms with Gasteiger partial charge in [-0.15, -0.1) is 0 Å². The van der Waals surface area contributed by atoms with Crippen LogP contribution >= 0.6 is 0 Å². The normalized spacial score (nSPS) is 30.1. The van der Waals surface area contributed by atoms with E-state index in [-0.39, 0.29) is 5.92 Å². The van der Waals surface area contributed by atoms with Crippen molar-refractivity contribution in [3.05, 3.63) is 0 Å². The summed E-state index contributed by atoms with van der Waals surface area (Å²) in [6, 6.07) is 0.649. The lowest BCUT2D eigenvalue weighted by Gasteiger charge is -2.37. The Balaban J connectivity index is 2.44. The lowest BCUT2D eigenvalue weighted by Crippen LogP contribution is -2.47. The van der Waals surface area contributed by atoms with Gasteiger partial charge in [0.05, 0.1) is 33.1 Å². The fourth-order valence-corrected chi connectivity index (χ4v) is 2.10. The summed E-state index contributed by atoms with van der Waals surface area (Å²) in [6.45, 7) is 0. The Labute approximate surface area is 79.9 Å². The molecular formula is C10H20NO2+. The molecule has 3 heteroatoms. The molecule has 1 aliphatic rings. The fourth-order valence-electron chi connectivity index (χ4n) is 2.10. The predicted octanol–water partition coefficient (Wildman–Crippen LogP) is 1.34. The smallest absolute Gasteiger partial charge is 0.306 e. The SMILES string of the molecule is C[N+](C)(C)C1CCC(C(=O)O)CC1. The van der Waals surface area contributed by atoms with Crippen molar-refractivity contribution in [3.8, 4) is 0 Å². The first kappa shape index (κ1) is 10.5. The highest BCUT2D eigenvalue weighted by atomic mass is 16.4. The lowest BCUT2D eigenvalue weighted by molar-refractivity contribution is -0.897. The highest BCUT2D eigenvalue weighted by Gasteiger charge is 2.32. The Morgan fingerprint density at radius 2 is 1.62 bits per heavy atom. The number of hydrogen-bond donors (Lipinski definition) is 1. The number of carboxylic acids is 1. The average Bonchev–Trinajstić information content (AvgIpc) is 2.03. The highest BCUT2D eigenvalue weighted by Crippen LogP contribution is 2.28. The van der Waals surface area contributed by atoms with Crippen LogP contribution in [0.2, 0.25) is 0 Å². The Bertz CT molecular complexity index is 188. The fraction of sp³-hybridized carbons (Fsp3) is 0.900. The van der Waals surface area contributed by atoms with Crippen molar-refractivity contribution in [1.82, 2.24) is 0 Å². The van der Waals surface area contributed by atoms with E-state index >= 15 is 0 Å². The molecule has 1 rings (SSSR count). The maximum atomic E-state index is 10.7. The summed E-state index contributed by atoms with van der Waals surface area (Å²) >= 11 is 0. The molecule has 0 bridgehead atoms. The van der Waals surface area contributed by atoms with Gasteiger partial charge in [-0.1, -0.05) is 0 Å². The molecule has 0 aromatic carbocycles. The summed E-state index contributed by atoms with van der Waals surface area (Å²) in [5.74, 6) is -0.692. The molecule has 0 aromatic rings. The third-order valence-corrected chi connectivity index (χ3v) is 3.14. The number of carboxylic acid groups (broad SMARTS) is 1. The zero-order valence-corrected chi connectivity index (χ0v) is 8.79. The number of nitrogens with zero attached hydrogens (tertiary/aromatic N) is 1. The summed E-state index contributed by atoms with van der Waals surface area (Å²) in [7, 11) is 6.56. The third kappa shape index (κ3) is 2.69. The molecule has 0 atom stereocenters. The standard InChI is InChI=1S/C10H19NO2/c1-11(2,3)9-6-4-8(5-7-9)10(12)13/h8-9H,4-7H2,1-3H3/p+1. The van der Waals surface area contributed by atoms with Gasteiger partial charge in [0.2, 0.25) is 0 Å². The van der Waals surface area contributed by atoms with Crippen LogP contribution in [0, 0.1) is 5.92 Å². The van der Waals surface area contributed by atoms with Gasteiger partial charge in [-0.25, -0.2) is 0 Å². The topological polar surface area (TPSA) is 37.3 Å². The van der Waals surface area contributed by atoms with Crippen LogP contribution in [0.1, 0.15) is 25.7 Å². The first-order valence-corrected chi connectivity index (χ1v) is 4.95.